The molecular formula is C17H33NO2. The van der Waals surface area contributed by atoms with Crippen LogP contribution in [0, 0.1) is 11.3 Å². The van der Waals surface area contributed by atoms with E-state index in [-0.39, 0.29) is 6.10 Å². The first-order valence-corrected chi connectivity index (χ1v) is 8.39. The maximum atomic E-state index is 10.6. The van der Waals surface area contributed by atoms with Gasteiger partial charge >= 0.3 is 0 Å². The van der Waals surface area contributed by atoms with Crippen LogP contribution in [0.5, 0.6) is 0 Å². The van der Waals surface area contributed by atoms with Crippen LogP contribution in [0.25, 0.3) is 0 Å². The standard InChI is InChI=1S/C17H33NO2/c1-13-17(19,10-11-20-13)12-18-15-7-5-6-14(8-9-15)16(2,3)4/h13-15,18-19H,5-12H2,1-4H3. The SMILES string of the molecule is CC1OCCC1(O)CNC1CCCC(C(C)(C)C)CC1. The van der Waals surface area contributed by atoms with Gasteiger partial charge < -0.3 is 15.2 Å². The van der Waals surface area contributed by atoms with Crippen LogP contribution in [0.1, 0.15) is 66.2 Å². The Kier molecular flexibility index (Phi) is 5.14. The fourth-order valence-electron chi connectivity index (χ4n) is 3.70. The van der Waals surface area contributed by atoms with E-state index in [9.17, 15) is 5.11 Å². The third kappa shape index (κ3) is 3.96. The predicted octanol–water partition coefficient (Wildman–Crippen LogP) is 3.11. The quantitative estimate of drug-likeness (QED) is 0.782. The lowest BCUT2D eigenvalue weighted by molar-refractivity contribution is -0.0279. The van der Waals surface area contributed by atoms with Crippen LogP contribution in [0.3, 0.4) is 0 Å². The zero-order valence-electron chi connectivity index (χ0n) is 13.7. The third-order valence-corrected chi connectivity index (χ3v) is 5.55. The largest absolute Gasteiger partial charge is 0.386 e. The van der Waals surface area contributed by atoms with E-state index in [0.717, 1.165) is 12.3 Å². The average Bonchev–Trinajstić information content (AvgIpc) is 2.58. The maximum absolute atomic E-state index is 10.6. The lowest BCUT2D eigenvalue weighted by Crippen LogP contribution is -2.48. The van der Waals surface area contributed by atoms with Crippen molar-refractivity contribution in [2.24, 2.45) is 11.3 Å². The Labute approximate surface area is 124 Å². The maximum Gasteiger partial charge on any atom is 0.105 e. The van der Waals surface area contributed by atoms with Gasteiger partial charge in [0, 0.05) is 25.6 Å². The summed E-state index contributed by atoms with van der Waals surface area (Å²) in [6, 6.07) is 0.569. The molecule has 0 aromatic carbocycles. The van der Waals surface area contributed by atoms with Crippen LogP contribution in [-0.4, -0.2) is 36.0 Å². The third-order valence-electron chi connectivity index (χ3n) is 5.55. The number of nitrogens with one attached hydrogen (secondary N) is 1. The van der Waals surface area contributed by atoms with Crippen molar-refractivity contribution in [1.29, 1.82) is 0 Å². The lowest BCUT2D eigenvalue weighted by Gasteiger charge is -2.30. The zero-order chi connectivity index (χ0) is 14.8. The number of hydrogen-bond acceptors (Lipinski definition) is 3. The molecule has 2 N–H and O–H groups in total. The van der Waals surface area contributed by atoms with Crippen LogP contribution in [0.4, 0.5) is 0 Å². The van der Waals surface area contributed by atoms with Gasteiger partial charge in [0.2, 0.25) is 0 Å². The molecule has 0 radical (unpaired) electrons. The summed E-state index contributed by atoms with van der Waals surface area (Å²) >= 11 is 0. The Bertz CT molecular complexity index is 313. The molecule has 2 rings (SSSR count). The Morgan fingerprint density at radius 2 is 1.95 bits per heavy atom. The van der Waals surface area contributed by atoms with Crippen molar-refractivity contribution in [2.75, 3.05) is 13.2 Å². The number of aliphatic hydroxyl groups is 1. The molecule has 2 fully saturated rings. The lowest BCUT2D eigenvalue weighted by atomic mass is 9.76. The Morgan fingerprint density at radius 1 is 1.20 bits per heavy atom. The molecule has 4 atom stereocenters. The summed E-state index contributed by atoms with van der Waals surface area (Å²) in [5.74, 6) is 0.839. The summed E-state index contributed by atoms with van der Waals surface area (Å²) in [5.41, 5.74) is -0.226. The van der Waals surface area contributed by atoms with E-state index in [1.807, 2.05) is 6.92 Å². The summed E-state index contributed by atoms with van der Waals surface area (Å²) in [5, 5.41) is 14.2. The molecule has 4 unspecified atom stereocenters. The molecule has 20 heavy (non-hydrogen) atoms. The van der Waals surface area contributed by atoms with E-state index < -0.39 is 5.60 Å². The predicted molar refractivity (Wildman–Crippen MR) is 82.8 cm³/mol. The van der Waals surface area contributed by atoms with Gasteiger partial charge in [0.15, 0.2) is 0 Å². The highest BCUT2D eigenvalue weighted by Gasteiger charge is 2.39. The van der Waals surface area contributed by atoms with Gasteiger partial charge in [-0.3, -0.25) is 0 Å². The molecule has 1 saturated heterocycles. The van der Waals surface area contributed by atoms with E-state index in [4.69, 9.17) is 4.74 Å². The van der Waals surface area contributed by atoms with Crippen molar-refractivity contribution in [2.45, 2.75) is 84.0 Å². The molecule has 1 aliphatic carbocycles. The second kappa shape index (κ2) is 6.33. The molecule has 3 nitrogen and oxygen atoms in total. The molecule has 1 heterocycles. The summed E-state index contributed by atoms with van der Waals surface area (Å²) in [4.78, 5) is 0. The summed E-state index contributed by atoms with van der Waals surface area (Å²) in [7, 11) is 0. The Balaban J connectivity index is 1.80. The number of hydrogen-bond donors (Lipinski definition) is 2. The average molecular weight is 283 g/mol. The fourth-order valence-corrected chi connectivity index (χ4v) is 3.70. The van der Waals surface area contributed by atoms with Crippen LogP contribution in [0.2, 0.25) is 0 Å². The van der Waals surface area contributed by atoms with Crippen molar-refractivity contribution in [3.63, 3.8) is 0 Å². The highest BCUT2D eigenvalue weighted by molar-refractivity contribution is 4.93. The van der Waals surface area contributed by atoms with Crippen LogP contribution < -0.4 is 5.32 Å². The zero-order valence-corrected chi connectivity index (χ0v) is 13.7. The van der Waals surface area contributed by atoms with Gasteiger partial charge in [0.05, 0.1) is 6.10 Å². The minimum atomic E-state index is -0.657. The molecule has 0 spiro atoms. The summed E-state index contributed by atoms with van der Waals surface area (Å²) < 4.78 is 5.50. The van der Waals surface area contributed by atoms with Gasteiger partial charge in [0.1, 0.15) is 5.60 Å². The molecule has 2 aliphatic rings. The summed E-state index contributed by atoms with van der Waals surface area (Å²) in [6.45, 7) is 10.5. The molecule has 0 amide bonds. The van der Waals surface area contributed by atoms with Gasteiger partial charge in [0.25, 0.3) is 0 Å². The first-order chi connectivity index (χ1) is 9.31. The number of rotatable bonds is 3. The molecule has 1 aliphatic heterocycles. The van der Waals surface area contributed by atoms with Crippen LogP contribution in [0.15, 0.2) is 0 Å². The molecule has 0 aromatic rings. The van der Waals surface area contributed by atoms with Crippen LogP contribution >= 0.6 is 0 Å². The van der Waals surface area contributed by atoms with E-state index in [2.05, 4.69) is 26.1 Å². The van der Waals surface area contributed by atoms with Gasteiger partial charge in [-0.2, -0.15) is 0 Å². The van der Waals surface area contributed by atoms with Crippen molar-refractivity contribution < 1.29 is 9.84 Å². The topological polar surface area (TPSA) is 41.5 Å². The van der Waals surface area contributed by atoms with Gasteiger partial charge in [-0.05, 0) is 43.9 Å². The first-order valence-electron chi connectivity index (χ1n) is 8.39. The van der Waals surface area contributed by atoms with E-state index in [0.29, 0.717) is 24.6 Å². The molecule has 118 valence electrons. The van der Waals surface area contributed by atoms with Gasteiger partial charge in [-0.25, -0.2) is 0 Å². The molecule has 3 heteroatoms. The monoisotopic (exact) mass is 283 g/mol. The normalized spacial score (nSPS) is 39.8. The van der Waals surface area contributed by atoms with Gasteiger partial charge in [-0.15, -0.1) is 0 Å². The second-order valence-electron chi connectivity index (χ2n) is 8.02. The van der Waals surface area contributed by atoms with E-state index >= 15 is 0 Å². The van der Waals surface area contributed by atoms with Crippen molar-refractivity contribution in [3.05, 3.63) is 0 Å². The fraction of sp³-hybridized carbons (Fsp3) is 1.00. The summed E-state index contributed by atoms with van der Waals surface area (Å²) in [6.07, 6.45) is 7.19. The molecule has 0 bridgehead atoms. The first kappa shape index (κ1) is 16.3. The van der Waals surface area contributed by atoms with Crippen LogP contribution in [-0.2, 0) is 4.74 Å². The minimum absolute atomic E-state index is 0.0388. The smallest absolute Gasteiger partial charge is 0.105 e. The molecule has 1 saturated carbocycles. The van der Waals surface area contributed by atoms with Crippen molar-refractivity contribution in [3.8, 4) is 0 Å². The molecular weight excluding hydrogens is 250 g/mol. The Morgan fingerprint density at radius 3 is 2.55 bits per heavy atom. The molecule has 0 aromatic heterocycles. The van der Waals surface area contributed by atoms with Crippen molar-refractivity contribution in [1.82, 2.24) is 5.32 Å². The highest BCUT2D eigenvalue weighted by atomic mass is 16.5. The van der Waals surface area contributed by atoms with E-state index in [1.54, 1.807) is 0 Å². The Hall–Kier alpha value is -0.120. The highest BCUT2D eigenvalue weighted by Crippen LogP contribution is 2.37. The minimum Gasteiger partial charge on any atom is -0.386 e. The van der Waals surface area contributed by atoms with Crippen molar-refractivity contribution >= 4 is 0 Å². The second-order valence-corrected chi connectivity index (χ2v) is 8.02. The number of ether oxygens (including phenoxy) is 1. The van der Waals surface area contributed by atoms with E-state index in [1.165, 1.54) is 32.1 Å². The van der Waals surface area contributed by atoms with Gasteiger partial charge in [-0.1, -0.05) is 27.2 Å².